The molecule has 0 saturated heterocycles. The van der Waals surface area contributed by atoms with Crippen molar-refractivity contribution in [2.45, 2.75) is 17.5 Å². The zero-order chi connectivity index (χ0) is 17.2. The third-order valence-corrected chi connectivity index (χ3v) is 5.61. The van der Waals surface area contributed by atoms with Gasteiger partial charge in [-0.05, 0) is 12.1 Å². The van der Waals surface area contributed by atoms with Crippen LogP contribution in [0.25, 0.3) is 16.3 Å². The van der Waals surface area contributed by atoms with E-state index in [-0.39, 0.29) is 0 Å². The average molecular weight is 388 g/mol. The number of nitrogens with zero attached hydrogens (tertiary/aromatic N) is 5. The molecule has 0 amide bonds. The lowest BCUT2D eigenvalue weighted by molar-refractivity contribution is 0.731. The fourth-order valence-electron chi connectivity index (χ4n) is 2.51. The van der Waals surface area contributed by atoms with Crippen LogP contribution < -0.4 is 0 Å². The van der Waals surface area contributed by atoms with Crippen molar-refractivity contribution in [1.82, 2.24) is 24.1 Å². The summed E-state index contributed by atoms with van der Waals surface area (Å²) in [5.74, 6) is 1.52. The van der Waals surface area contributed by atoms with Crippen LogP contribution in [0, 0.1) is 0 Å². The quantitative estimate of drug-likeness (QED) is 0.352. The van der Waals surface area contributed by atoms with Crippen LogP contribution in [0.3, 0.4) is 0 Å². The van der Waals surface area contributed by atoms with Crippen LogP contribution in [0.2, 0.25) is 5.02 Å². The summed E-state index contributed by atoms with van der Waals surface area (Å²) in [5.41, 5.74) is 1.96. The number of hydrogen-bond donors (Lipinski definition) is 0. The molecule has 25 heavy (non-hydrogen) atoms. The highest BCUT2D eigenvalue weighted by atomic mass is 35.5. The first-order valence-corrected chi connectivity index (χ1v) is 9.83. The van der Waals surface area contributed by atoms with Gasteiger partial charge in [0.1, 0.15) is 0 Å². The van der Waals surface area contributed by atoms with Crippen molar-refractivity contribution in [3.8, 4) is 11.4 Å². The molecule has 5 nitrogen and oxygen atoms in total. The molecule has 0 fully saturated rings. The van der Waals surface area contributed by atoms with Crippen LogP contribution in [-0.4, -0.2) is 24.1 Å². The first kappa shape index (κ1) is 16.4. The van der Waals surface area contributed by atoms with Gasteiger partial charge in [-0.1, -0.05) is 41.6 Å². The minimum absolute atomic E-state index is 0.634. The van der Waals surface area contributed by atoms with Gasteiger partial charge in [0.15, 0.2) is 15.9 Å². The van der Waals surface area contributed by atoms with E-state index < -0.39 is 0 Å². The topological polar surface area (TPSA) is 48.0 Å². The van der Waals surface area contributed by atoms with Gasteiger partial charge in [-0.15, -0.1) is 28.1 Å². The van der Waals surface area contributed by atoms with Crippen molar-refractivity contribution < 1.29 is 0 Å². The first-order valence-electron chi connectivity index (χ1n) is 7.58. The predicted molar refractivity (Wildman–Crippen MR) is 103 cm³/mol. The molecular weight excluding hydrogens is 374 g/mol. The molecule has 0 spiro atoms. The summed E-state index contributed by atoms with van der Waals surface area (Å²) in [6.07, 6.45) is 5.90. The Balaban J connectivity index is 1.60. The molecule has 1 aromatic carbocycles. The number of benzene rings is 1. The lowest BCUT2D eigenvalue weighted by Gasteiger charge is -2.07. The number of allylic oxidation sites excluding steroid dienone is 1. The molecule has 0 saturated carbocycles. The van der Waals surface area contributed by atoms with Gasteiger partial charge in [-0.3, -0.25) is 8.97 Å². The molecule has 4 rings (SSSR count). The average Bonchev–Trinajstić information content (AvgIpc) is 3.28. The van der Waals surface area contributed by atoms with Gasteiger partial charge >= 0.3 is 0 Å². The van der Waals surface area contributed by atoms with Gasteiger partial charge in [0.2, 0.25) is 0 Å². The Morgan fingerprint density at radius 3 is 3.04 bits per heavy atom. The van der Waals surface area contributed by atoms with Gasteiger partial charge in [0.25, 0.3) is 0 Å². The van der Waals surface area contributed by atoms with E-state index in [0.717, 1.165) is 33.0 Å². The van der Waals surface area contributed by atoms with Gasteiger partial charge in [0, 0.05) is 40.7 Å². The summed E-state index contributed by atoms with van der Waals surface area (Å²) in [6.45, 7) is 4.48. The molecule has 3 aromatic heterocycles. The van der Waals surface area contributed by atoms with Crippen LogP contribution >= 0.6 is 34.7 Å². The van der Waals surface area contributed by atoms with Crippen molar-refractivity contribution in [3.05, 3.63) is 65.4 Å². The zero-order valence-electron chi connectivity index (χ0n) is 13.2. The second-order valence-corrected chi connectivity index (χ2v) is 7.58. The van der Waals surface area contributed by atoms with E-state index in [9.17, 15) is 0 Å². The lowest BCUT2D eigenvalue weighted by atomic mass is 10.2. The number of thioether (sulfide) groups is 1. The summed E-state index contributed by atoms with van der Waals surface area (Å²) < 4.78 is 4.08. The molecule has 0 atom stereocenters. The number of thiazole rings is 1. The molecule has 0 bridgehead atoms. The number of aromatic nitrogens is 5. The Bertz CT molecular complexity index is 1000. The van der Waals surface area contributed by atoms with Crippen molar-refractivity contribution in [3.63, 3.8) is 0 Å². The molecule has 0 N–H and O–H groups in total. The molecular formula is C17H14ClN5S2. The number of halogens is 1. The highest BCUT2D eigenvalue weighted by Gasteiger charge is 2.14. The van der Waals surface area contributed by atoms with E-state index in [2.05, 4.69) is 21.8 Å². The van der Waals surface area contributed by atoms with Crippen molar-refractivity contribution in [2.75, 3.05) is 0 Å². The Hall–Kier alpha value is -2.09. The van der Waals surface area contributed by atoms with E-state index >= 15 is 0 Å². The van der Waals surface area contributed by atoms with Gasteiger partial charge in [-0.2, -0.15) is 0 Å². The summed E-state index contributed by atoms with van der Waals surface area (Å²) >= 11 is 9.35. The number of rotatable bonds is 6. The highest BCUT2D eigenvalue weighted by Crippen LogP contribution is 2.28. The smallest absolute Gasteiger partial charge is 0.193 e. The third-order valence-electron chi connectivity index (χ3n) is 3.60. The monoisotopic (exact) mass is 387 g/mol. The standard InChI is InChI=1S/C17H14ClN5S2/c1-2-6-23-15(12-4-3-5-13(18)9-12)20-21-17(23)25-11-14-10-22-7-8-24-16(22)19-14/h2-5,7-10H,1,6,11H2. The highest BCUT2D eigenvalue weighted by molar-refractivity contribution is 7.98. The van der Waals surface area contributed by atoms with Crippen LogP contribution in [0.5, 0.6) is 0 Å². The normalized spacial score (nSPS) is 11.2. The van der Waals surface area contributed by atoms with Crippen LogP contribution in [0.4, 0.5) is 0 Å². The maximum Gasteiger partial charge on any atom is 0.193 e. The summed E-state index contributed by atoms with van der Waals surface area (Å²) in [6, 6.07) is 7.63. The van der Waals surface area contributed by atoms with Crippen molar-refractivity contribution in [1.29, 1.82) is 0 Å². The summed E-state index contributed by atoms with van der Waals surface area (Å²) in [5, 5.41) is 12.2. The van der Waals surface area contributed by atoms with E-state index in [1.54, 1.807) is 23.1 Å². The van der Waals surface area contributed by atoms with E-state index in [1.165, 1.54) is 0 Å². The van der Waals surface area contributed by atoms with E-state index in [1.807, 2.05) is 57.1 Å². The third kappa shape index (κ3) is 3.35. The SMILES string of the molecule is C=CCn1c(SCc2cn3ccsc3n2)nnc1-c1cccc(Cl)c1. The van der Waals surface area contributed by atoms with Gasteiger partial charge in [-0.25, -0.2) is 4.98 Å². The molecule has 0 aliphatic carbocycles. The first-order chi connectivity index (χ1) is 12.2. The Labute approximate surface area is 158 Å². The second kappa shape index (κ2) is 7.03. The minimum atomic E-state index is 0.634. The Morgan fingerprint density at radius 1 is 1.32 bits per heavy atom. The molecule has 0 aliphatic rings. The summed E-state index contributed by atoms with van der Waals surface area (Å²) in [7, 11) is 0. The van der Waals surface area contributed by atoms with E-state index in [4.69, 9.17) is 11.6 Å². The van der Waals surface area contributed by atoms with Crippen LogP contribution in [0.15, 0.2) is 59.9 Å². The molecule has 0 unspecified atom stereocenters. The molecule has 8 heteroatoms. The number of hydrogen-bond acceptors (Lipinski definition) is 5. The zero-order valence-corrected chi connectivity index (χ0v) is 15.6. The molecule has 126 valence electrons. The molecule has 4 aromatic rings. The maximum absolute atomic E-state index is 6.11. The largest absolute Gasteiger partial charge is 0.298 e. The second-order valence-electron chi connectivity index (χ2n) is 5.33. The van der Waals surface area contributed by atoms with Crippen LogP contribution in [-0.2, 0) is 12.3 Å². The van der Waals surface area contributed by atoms with Gasteiger partial charge in [0.05, 0.1) is 5.69 Å². The van der Waals surface area contributed by atoms with Crippen molar-refractivity contribution >= 4 is 39.7 Å². The Kier molecular flexibility index (Phi) is 4.61. The van der Waals surface area contributed by atoms with Crippen molar-refractivity contribution in [2.24, 2.45) is 0 Å². The van der Waals surface area contributed by atoms with E-state index in [0.29, 0.717) is 11.6 Å². The fraction of sp³-hybridized carbons (Fsp3) is 0.118. The number of fused-ring (bicyclic) bond motifs is 1. The van der Waals surface area contributed by atoms with Gasteiger partial charge < -0.3 is 0 Å². The lowest BCUT2D eigenvalue weighted by Crippen LogP contribution is -2.00. The van der Waals surface area contributed by atoms with Crippen LogP contribution in [0.1, 0.15) is 5.69 Å². The minimum Gasteiger partial charge on any atom is -0.298 e. The maximum atomic E-state index is 6.11. The molecule has 3 heterocycles. The fourth-order valence-corrected chi connectivity index (χ4v) is 4.26. The Morgan fingerprint density at radius 2 is 2.24 bits per heavy atom. The molecule has 0 aliphatic heterocycles. The predicted octanol–water partition coefficient (Wildman–Crippen LogP) is 4.79. The summed E-state index contributed by atoms with van der Waals surface area (Å²) in [4.78, 5) is 5.61. The number of imidazole rings is 1. The molecule has 0 radical (unpaired) electrons.